The van der Waals surface area contributed by atoms with Gasteiger partial charge >= 0.3 is 11.6 Å². The predicted octanol–water partition coefficient (Wildman–Crippen LogP) is 4.57. The highest BCUT2D eigenvalue weighted by atomic mass is 16.6. The Morgan fingerprint density at radius 3 is 2.63 bits per heavy atom. The number of ether oxygens (including phenoxy) is 2. The minimum Gasteiger partial charge on any atom is -0.479 e. The van der Waals surface area contributed by atoms with Gasteiger partial charge in [-0.25, -0.2) is 9.59 Å². The molecule has 27 heavy (non-hydrogen) atoms. The molecule has 0 saturated heterocycles. The van der Waals surface area contributed by atoms with Gasteiger partial charge in [-0.05, 0) is 36.6 Å². The Morgan fingerprint density at radius 2 is 1.89 bits per heavy atom. The zero-order valence-corrected chi connectivity index (χ0v) is 15.4. The first-order valence-electron chi connectivity index (χ1n) is 9.05. The van der Waals surface area contributed by atoms with E-state index in [1.165, 1.54) is 6.07 Å². The normalized spacial score (nSPS) is 11.9. The van der Waals surface area contributed by atoms with E-state index < -0.39 is 17.7 Å². The summed E-state index contributed by atoms with van der Waals surface area (Å²) in [6.07, 6.45) is 1.03. The minimum absolute atomic E-state index is 0.385. The number of benzene rings is 2. The van der Waals surface area contributed by atoms with E-state index in [2.05, 4.69) is 0 Å². The molecule has 1 aromatic heterocycles. The van der Waals surface area contributed by atoms with Gasteiger partial charge in [0.2, 0.25) is 0 Å². The van der Waals surface area contributed by atoms with Gasteiger partial charge in [0.1, 0.15) is 11.3 Å². The lowest BCUT2D eigenvalue weighted by molar-refractivity contribution is -0.151. The average Bonchev–Trinajstić information content (AvgIpc) is 2.67. The van der Waals surface area contributed by atoms with Crippen molar-refractivity contribution in [2.45, 2.75) is 32.8 Å². The van der Waals surface area contributed by atoms with Crippen LogP contribution in [0.2, 0.25) is 0 Å². The van der Waals surface area contributed by atoms with E-state index in [-0.39, 0.29) is 0 Å². The molecule has 0 aliphatic heterocycles. The van der Waals surface area contributed by atoms with Gasteiger partial charge in [-0.1, -0.05) is 43.7 Å². The van der Waals surface area contributed by atoms with Crippen LogP contribution < -0.4 is 10.4 Å². The van der Waals surface area contributed by atoms with Gasteiger partial charge < -0.3 is 13.9 Å². The molecule has 5 heteroatoms. The fourth-order valence-corrected chi connectivity index (χ4v) is 2.76. The Labute approximate surface area is 157 Å². The quantitative estimate of drug-likeness (QED) is 0.348. The van der Waals surface area contributed by atoms with E-state index in [9.17, 15) is 9.59 Å². The molecule has 1 heterocycles. The van der Waals surface area contributed by atoms with Gasteiger partial charge in [-0.3, -0.25) is 0 Å². The third kappa shape index (κ3) is 4.56. The molecule has 0 N–H and O–H groups in total. The molecule has 3 rings (SSSR count). The zero-order valence-electron chi connectivity index (χ0n) is 15.4. The van der Waals surface area contributed by atoms with Crippen molar-refractivity contribution in [3.05, 3.63) is 65.0 Å². The van der Waals surface area contributed by atoms with Gasteiger partial charge in [0.05, 0.1) is 6.61 Å². The first kappa shape index (κ1) is 18.7. The SMILES string of the molecule is CCCCOC(=O)[C@@H](C)Oc1ccc2c(-c3ccccc3)cc(=O)oc2c1. The van der Waals surface area contributed by atoms with E-state index >= 15 is 0 Å². The second-order valence-electron chi connectivity index (χ2n) is 6.28. The van der Waals surface area contributed by atoms with E-state index in [4.69, 9.17) is 13.9 Å². The molecule has 5 nitrogen and oxygen atoms in total. The zero-order chi connectivity index (χ0) is 19.2. The van der Waals surface area contributed by atoms with Crippen LogP contribution in [0.4, 0.5) is 0 Å². The highest BCUT2D eigenvalue weighted by Gasteiger charge is 2.17. The van der Waals surface area contributed by atoms with Crippen molar-refractivity contribution < 1.29 is 18.7 Å². The summed E-state index contributed by atoms with van der Waals surface area (Å²) < 4.78 is 16.2. The number of hydrogen-bond donors (Lipinski definition) is 0. The second-order valence-corrected chi connectivity index (χ2v) is 6.28. The summed E-state index contributed by atoms with van der Waals surface area (Å²) in [5.74, 6) is 0.0267. The maximum atomic E-state index is 12.0. The summed E-state index contributed by atoms with van der Waals surface area (Å²) in [5, 5.41) is 0.798. The number of carbonyl (C=O) groups excluding carboxylic acids is 1. The van der Waals surface area contributed by atoms with E-state index in [0.717, 1.165) is 29.4 Å². The first-order chi connectivity index (χ1) is 13.1. The van der Waals surface area contributed by atoms with Crippen molar-refractivity contribution in [1.29, 1.82) is 0 Å². The van der Waals surface area contributed by atoms with Crippen LogP contribution in [0.25, 0.3) is 22.1 Å². The third-order valence-corrected chi connectivity index (χ3v) is 4.19. The van der Waals surface area contributed by atoms with Crippen molar-refractivity contribution in [1.82, 2.24) is 0 Å². The highest BCUT2D eigenvalue weighted by molar-refractivity contribution is 5.93. The van der Waals surface area contributed by atoms with Crippen LogP contribution >= 0.6 is 0 Å². The van der Waals surface area contributed by atoms with Gasteiger partial charge in [0, 0.05) is 17.5 Å². The summed E-state index contributed by atoms with van der Waals surface area (Å²) in [7, 11) is 0. The number of esters is 1. The summed E-state index contributed by atoms with van der Waals surface area (Å²) in [6, 6.07) is 16.3. The Morgan fingerprint density at radius 1 is 1.11 bits per heavy atom. The van der Waals surface area contributed by atoms with E-state index in [0.29, 0.717) is 17.9 Å². The highest BCUT2D eigenvalue weighted by Crippen LogP contribution is 2.29. The van der Waals surface area contributed by atoms with Crippen LogP contribution in [0.15, 0.2) is 63.8 Å². The van der Waals surface area contributed by atoms with Crippen molar-refractivity contribution in [3.8, 4) is 16.9 Å². The molecule has 0 unspecified atom stereocenters. The Bertz CT molecular complexity index is 975. The lowest BCUT2D eigenvalue weighted by Crippen LogP contribution is -2.26. The first-order valence-corrected chi connectivity index (χ1v) is 9.05. The molecule has 1 atom stereocenters. The number of hydrogen-bond acceptors (Lipinski definition) is 5. The summed E-state index contributed by atoms with van der Waals surface area (Å²) in [5.41, 5.74) is 1.69. The van der Waals surface area contributed by atoms with Gasteiger partial charge in [0.15, 0.2) is 6.10 Å². The number of unbranched alkanes of at least 4 members (excludes halogenated alkanes) is 1. The number of fused-ring (bicyclic) bond motifs is 1. The lowest BCUT2D eigenvalue weighted by Gasteiger charge is -2.14. The number of rotatable bonds is 7. The van der Waals surface area contributed by atoms with Crippen molar-refractivity contribution >= 4 is 16.9 Å². The molecule has 0 radical (unpaired) electrons. The predicted molar refractivity (Wildman–Crippen MR) is 104 cm³/mol. The average molecular weight is 366 g/mol. The molecule has 0 amide bonds. The third-order valence-electron chi connectivity index (χ3n) is 4.19. The van der Waals surface area contributed by atoms with Crippen LogP contribution in [-0.4, -0.2) is 18.7 Å². The summed E-state index contributed by atoms with van der Waals surface area (Å²) >= 11 is 0. The molecular weight excluding hydrogens is 344 g/mol. The maximum absolute atomic E-state index is 12.0. The van der Waals surface area contributed by atoms with Crippen molar-refractivity contribution in [2.75, 3.05) is 6.61 Å². The minimum atomic E-state index is -0.747. The molecular formula is C22H22O5. The van der Waals surface area contributed by atoms with E-state index in [1.807, 2.05) is 43.3 Å². The molecule has 3 aromatic rings. The maximum Gasteiger partial charge on any atom is 0.347 e. The fraction of sp³-hybridized carbons (Fsp3) is 0.273. The molecule has 0 bridgehead atoms. The lowest BCUT2D eigenvalue weighted by atomic mass is 10.0. The van der Waals surface area contributed by atoms with E-state index in [1.54, 1.807) is 19.1 Å². The van der Waals surface area contributed by atoms with Crippen molar-refractivity contribution in [3.63, 3.8) is 0 Å². The van der Waals surface area contributed by atoms with Crippen LogP contribution in [0.1, 0.15) is 26.7 Å². The topological polar surface area (TPSA) is 65.7 Å². The van der Waals surface area contributed by atoms with Gasteiger partial charge in [-0.15, -0.1) is 0 Å². The van der Waals surface area contributed by atoms with Crippen LogP contribution in [0.5, 0.6) is 5.75 Å². The Balaban J connectivity index is 1.86. The molecule has 0 saturated carbocycles. The molecule has 0 aliphatic carbocycles. The summed E-state index contributed by atoms with van der Waals surface area (Å²) in [4.78, 5) is 23.9. The second kappa shape index (κ2) is 8.54. The molecule has 0 aliphatic rings. The smallest absolute Gasteiger partial charge is 0.347 e. The van der Waals surface area contributed by atoms with Crippen LogP contribution in [-0.2, 0) is 9.53 Å². The molecule has 0 fully saturated rings. The van der Waals surface area contributed by atoms with Crippen LogP contribution in [0, 0.1) is 0 Å². The molecule has 0 spiro atoms. The monoisotopic (exact) mass is 366 g/mol. The molecule has 2 aromatic carbocycles. The fourth-order valence-electron chi connectivity index (χ4n) is 2.76. The largest absolute Gasteiger partial charge is 0.479 e. The standard InChI is InChI=1S/C22H22O5/c1-3-4-12-25-22(24)15(2)26-17-10-11-18-19(16-8-6-5-7-9-16)14-21(23)27-20(18)13-17/h5-11,13-15H,3-4,12H2,1-2H3/t15-/m1/s1. The van der Waals surface area contributed by atoms with Gasteiger partial charge in [-0.2, -0.15) is 0 Å². The Hall–Kier alpha value is -3.08. The van der Waals surface area contributed by atoms with Gasteiger partial charge in [0.25, 0.3) is 0 Å². The molecule has 140 valence electrons. The van der Waals surface area contributed by atoms with Crippen molar-refractivity contribution in [2.24, 2.45) is 0 Å². The van der Waals surface area contributed by atoms with Crippen LogP contribution in [0.3, 0.4) is 0 Å². The Kier molecular flexibility index (Phi) is 5.91. The number of carbonyl (C=O) groups is 1. The summed E-state index contributed by atoms with van der Waals surface area (Å²) in [6.45, 7) is 4.05.